The van der Waals surface area contributed by atoms with Crippen molar-refractivity contribution >= 4 is 5.96 Å². The zero-order chi connectivity index (χ0) is 14.4. The molecule has 0 bridgehead atoms. The summed E-state index contributed by atoms with van der Waals surface area (Å²) in [5, 5.41) is 6.85. The van der Waals surface area contributed by atoms with E-state index in [0.717, 1.165) is 19.0 Å². The second-order valence-electron chi connectivity index (χ2n) is 6.02. The third-order valence-electron chi connectivity index (χ3n) is 3.91. The zero-order valence-corrected chi connectivity index (χ0v) is 12.9. The first-order valence-corrected chi connectivity index (χ1v) is 7.73. The minimum Gasteiger partial charge on any atom is -0.356 e. The predicted molar refractivity (Wildman–Crippen MR) is 86.3 cm³/mol. The van der Waals surface area contributed by atoms with E-state index in [4.69, 9.17) is 0 Å². The van der Waals surface area contributed by atoms with Gasteiger partial charge in [0.2, 0.25) is 0 Å². The Morgan fingerprint density at radius 3 is 2.85 bits per heavy atom. The number of hydrogen-bond donors (Lipinski definition) is 2. The summed E-state index contributed by atoms with van der Waals surface area (Å²) in [6.45, 7) is 6.34. The first-order chi connectivity index (χ1) is 9.70. The van der Waals surface area contributed by atoms with E-state index in [0.29, 0.717) is 11.8 Å². The SMILES string of the molecule is CN=C(NCC(C)C)NCC1CCCc2ccccc21. The maximum absolute atomic E-state index is 4.29. The minimum absolute atomic E-state index is 0.609. The monoisotopic (exact) mass is 273 g/mol. The molecule has 1 aliphatic carbocycles. The zero-order valence-electron chi connectivity index (χ0n) is 12.9. The molecule has 3 heteroatoms. The first kappa shape index (κ1) is 14.9. The highest BCUT2D eigenvalue weighted by Gasteiger charge is 2.19. The van der Waals surface area contributed by atoms with E-state index in [1.807, 2.05) is 7.05 Å². The number of aryl methyl sites for hydroxylation is 1. The number of fused-ring (bicyclic) bond motifs is 1. The van der Waals surface area contributed by atoms with Gasteiger partial charge in [0, 0.05) is 26.1 Å². The Kier molecular flexibility index (Phi) is 5.45. The van der Waals surface area contributed by atoms with Gasteiger partial charge < -0.3 is 10.6 Å². The Balaban J connectivity index is 1.91. The van der Waals surface area contributed by atoms with Gasteiger partial charge >= 0.3 is 0 Å². The topological polar surface area (TPSA) is 36.4 Å². The Labute approximate surface area is 122 Å². The fourth-order valence-corrected chi connectivity index (χ4v) is 2.81. The normalized spacial score (nSPS) is 18.8. The van der Waals surface area contributed by atoms with Gasteiger partial charge in [-0.25, -0.2) is 0 Å². The van der Waals surface area contributed by atoms with Crippen LogP contribution in [-0.2, 0) is 6.42 Å². The Bertz CT molecular complexity index is 451. The van der Waals surface area contributed by atoms with Crippen LogP contribution in [0.15, 0.2) is 29.3 Å². The summed E-state index contributed by atoms with van der Waals surface area (Å²) in [6, 6.07) is 8.86. The first-order valence-electron chi connectivity index (χ1n) is 7.73. The molecule has 1 aromatic rings. The summed E-state index contributed by atoms with van der Waals surface area (Å²) < 4.78 is 0. The molecule has 0 saturated heterocycles. The Morgan fingerprint density at radius 2 is 2.10 bits per heavy atom. The molecule has 1 atom stereocenters. The van der Waals surface area contributed by atoms with Crippen molar-refractivity contribution in [2.45, 2.75) is 39.0 Å². The van der Waals surface area contributed by atoms with Crippen LogP contribution in [-0.4, -0.2) is 26.1 Å². The quantitative estimate of drug-likeness (QED) is 0.653. The van der Waals surface area contributed by atoms with Gasteiger partial charge in [0.05, 0.1) is 0 Å². The Hall–Kier alpha value is -1.51. The molecule has 0 radical (unpaired) electrons. The molecule has 0 heterocycles. The van der Waals surface area contributed by atoms with E-state index in [9.17, 15) is 0 Å². The van der Waals surface area contributed by atoms with Gasteiger partial charge in [-0.15, -0.1) is 0 Å². The third kappa shape index (κ3) is 3.99. The Morgan fingerprint density at radius 1 is 1.30 bits per heavy atom. The summed E-state index contributed by atoms with van der Waals surface area (Å²) in [6.07, 6.45) is 3.79. The van der Waals surface area contributed by atoms with Crippen LogP contribution in [0.25, 0.3) is 0 Å². The molecule has 110 valence electrons. The average Bonchev–Trinajstić information content (AvgIpc) is 2.47. The van der Waals surface area contributed by atoms with Crippen LogP contribution in [0.4, 0.5) is 0 Å². The molecule has 1 aliphatic rings. The van der Waals surface area contributed by atoms with Crippen molar-refractivity contribution in [1.29, 1.82) is 0 Å². The van der Waals surface area contributed by atoms with Crippen LogP contribution >= 0.6 is 0 Å². The summed E-state index contributed by atoms with van der Waals surface area (Å²) in [4.78, 5) is 4.29. The second kappa shape index (κ2) is 7.32. The molecule has 1 unspecified atom stereocenters. The maximum atomic E-state index is 4.29. The van der Waals surface area contributed by atoms with Crippen LogP contribution in [0.3, 0.4) is 0 Å². The number of nitrogens with zero attached hydrogens (tertiary/aromatic N) is 1. The van der Waals surface area contributed by atoms with Gasteiger partial charge in [-0.1, -0.05) is 38.1 Å². The second-order valence-corrected chi connectivity index (χ2v) is 6.02. The summed E-state index contributed by atoms with van der Waals surface area (Å²) in [5.74, 6) is 2.16. The van der Waals surface area contributed by atoms with Crippen molar-refractivity contribution in [2.24, 2.45) is 10.9 Å². The van der Waals surface area contributed by atoms with E-state index in [2.05, 4.69) is 53.7 Å². The molecule has 1 aromatic carbocycles. The molecule has 3 nitrogen and oxygen atoms in total. The lowest BCUT2D eigenvalue weighted by Gasteiger charge is -2.26. The molecule has 0 fully saturated rings. The van der Waals surface area contributed by atoms with E-state index in [1.54, 1.807) is 0 Å². The molecule has 2 rings (SSSR count). The van der Waals surface area contributed by atoms with Crippen molar-refractivity contribution in [3.05, 3.63) is 35.4 Å². The molecular formula is C17H27N3. The standard InChI is InChI=1S/C17H27N3/c1-13(2)11-19-17(18-3)20-12-15-9-6-8-14-7-4-5-10-16(14)15/h4-5,7,10,13,15H,6,8-9,11-12H2,1-3H3,(H2,18,19,20). The van der Waals surface area contributed by atoms with Gasteiger partial charge in [0.15, 0.2) is 5.96 Å². The molecule has 0 amide bonds. The van der Waals surface area contributed by atoms with Crippen LogP contribution in [0.5, 0.6) is 0 Å². The van der Waals surface area contributed by atoms with E-state index in [-0.39, 0.29) is 0 Å². The highest BCUT2D eigenvalue weighted by molar-refractivity contribution is 5.79. The lowest BCUT2D eigenvalue weighted by atomic mass is 9.83. The van der Waals surface area contributed by atoms with Crippen molar-refractivity contribution in [3.63, 3.8) is 0 Å². The summed E-state index contributed by atoms with van der Waals surface area (Å²) in [7, 11) is 1.84. The third-order valence-corrected chi connectivity index (χ3v) is 3.91. The predicted octanol–water partition coefficient (Wildman–Crippen LogP) is 2.93. The van der Waals surface area contributed by atoms with E-state index >= 15 is 0 Å². The fraction of sp³-hybridized carbons (Fsp3) is 0.588. The largest absolute Gasteiger partial charge is 0.356 e. The molecule has 0 saturated carbocycles. The molecule has 20 heavy (non-hydrogen) atoms. The molecule has 0 aliphatic heterocycles. The number of nitrogens with one attached hydrogen (secondary N) is 2. The lowest BCUT2D eigenvalue weighted by molar-refractivity contribution is 0.536. The van der Waals surface area contributed by atoms with Gasteiger partial charge in [0.1, 0.15) is 0 Å². The molecule has 0 aromatic heterocycles. The average molecular weight is 273 g/mol. The fourth-order valence-electron chi connectivity index (χ4n) is 2.81. The van der Waals surface area contributed by atoms with Crippen LogP contribution in [0.2, 0.25) is 0 Å². The summed E-state index contributed by atoms with van der Waals surface area (Å²) >= 11 is 0. The number of benzene rings is 1. The molecule has 0 spiro atoms. The number of aliphatic imine (C=N–C) groups is 1. The van der Waals surface area contributed by atoms with Crippen molar-refractivity contribution in [1.82, 2.24) is 10.6 Å². The smallest absolute Gasteiger partial charge is 0.191 e. The lowest BCUT2D eigenvalue weighted by Crippen LogP contribution is -2.41. The van der Waals surface area contributed by atoms with E-state index < -0.39 is 0 Å². The number of hydrogen-bond acceptors (Lipinski definition) is 1. The van der Waals surface area contributed by atoms with Crippen LogP contribution in [0.1, 0.15) is 43.7 Å². The van der Waals surface area contributed by atoms with Gasteiger partial charge in [-0.3, -0.25) is 4.99 Å². The summed E-state index contributed by atoms with van der Waals surface area (Å²) in [5.41, 5.74) is 3.04. The van der Waals surface area contributed by atoms with Gasteiger partial charge in [-0.2, -0.15) is 0 Å². The van der Waals surface area contributed by atoms with Crippen LogP contribution in [0, 0.1) is 5.92 Å². The molecular weight excluding hydrogens is 246 g/mol. The van der Waals surface area contributed by atoms with Gasteiger partial charge in [-0.05, 0) is 36.3 Å². The maximum Gasteiger partial charge on any atom is 0.191 e. The minimum atomic E-state index is 0.609. The van der Waals surface area contributed by atoms with Crippen molar-refractivity contribution in [3.8, 4) is 0 Å². The van der Waals surface area contributed by atoms with E-state index in [1.165, 1.54) is 30.4 Å². The molecule has 2 N–H and O–H groups in total. The van der Waals surface area contributed by atoms with Crippen LogP contribution < -0.4 is 10.6 Å². The van der Waals surface area contributed by atoms with Crippen molar-refractivity contribution < 1.29 is 0 Å². The van der Waals surface area contributed by atoms with Gasteiger partial charge in [0.25, 0.3) is 0 Å². The van der Waals surface area contributed by atoms with Crippen molar-refractivity contribution in [2.75, 3.05) is 20.1 Å². The number of guanidine groups is 1. The number of rotatable bonds is 4. The highest BCUT2D eigenvalue weighted by atomic mass is 15.2. The highest BCUT2D eigenvalue weighted by Crippen LogP contribution is 2.30.